The summed E-state index contributed by atoms with van der Waals surface area (Å²) >= 11 is 0. The Morgan fingerprint density at radius 1 is 1.82 bits per heavy atom. The van der Waals surface area contributed by atoms with Crippen LogP contribution < -0.4 is 5.73 Å². The molecule has 1 aromatic rings. The monoisotopic (exact) mass is 155 g/mol. The molecule has 1 atom stereocenters. The van der Waals surface area contributed by atoms with Crippen LogP contribution in [0.5, 0.6) is 0 Å². The first-order chi connectivity index (χ1) is 5.27. The van der Waals surface area contributed by atoms with E-state index in [9.17, 15) is 0 Å². The third kappa shape index (κ3) is 1.78. The van der Waals surface area contributed by atoms with Crippen molar-refractivity contribution in [2.75, 3.05) is 6.61 Å². The van der Waals surface area contributed by atoms with Gasteiger partial charge in [-0.1, -0.05) is 0 Å². The number of aliphatic hydroxyl groups excluding tert-OH is 1. The zero-order valence-corrected chi connectivity index (χ0v) is 6.57. The number of aromatic nitrogens is 2. The summed E-state index contributed by atoms with van der Waals surface area (Å²) in [4.78, 5) is 0. The average Bonchev–Trinajstić information content (AvgIpc) is 2.50. The highest BCUT2D eigenvalue weighted by atomic mass is 16.3. The molecule has 0 fully saturated rings. The van der Waals surface area contributed by atoms with Crippen molar-refractivity contribution >= 4 is 0 Å². The van der Waals surface area contributed by atoms with Gasteiger partial charge in [-0.15, -0.1) is 0 Å². The number of hydrogen-bond donors (Lipinski definition) is 2. The second-order valence-corrected chi connectivity index (χ2v) is 2.39. The number of nitrogens with two attached hydrogens (primary N) is 1. The first kappa shape index (κ1) is 8.23. The molecule has 0 saturated carbocycles. The van der Waals surface area contributed by atoms with Gasteiger partial charge in [0, 0.05) is 12.7 Å². The molecule has 0 aliphatic carbocycles. The molecule has 1 rings (SSSR count). The van der Waals surface area contributed by atoms with Crippen molar-refractivity contribution in [3.8, 4) is 0 Å². The van der Waals surface area contributed by atoms with E-state index in [0.717, 1.165) is 12.2 Å². The van der Waals surface area contributed by atoms with E-state index in [1.54, 1.807) is 4.68 Å². The Bertz CT molecular complexity index is 221. The van der Waals surface area contributed by atoms with Crippen molar-refractivity contribution in [3.63, 3.8) is 0 Å². The molecule has 4 nitrogen and oxygen atoms in total. The summed E-state index contributed by atoms with van der Waals surface area (Å²) in [6.45, 7) is 2.78. The highest BCUT2D eigenvalue weighted by Crippen LogP contribution is 2.04. The summed E-state index contributed by atoms with van der Waals surface area (Å²) in [7, 11) is 0. The molecule has 11 heavy (non-hydrogen) atoms. The SMILES string of the molecule is CCn1ccc(C(N)CO)n1. The van der Waals surface area contributed by atoms with Gasteiger partial charge >= 0.3 is 0 Å². The first-order valence-corrected chi connectivity index (χ1v) is 3.67. The molecular weight excluding hydrogens is 142 g/mol. The summed E-state index contributed by atoms with van der Waals surface area (Å²) in [5, 5.41) is 12.8. The number of hydrogen-bond acceptors (Lipinski definition) is 3. The second kappa shape index (κ2) is 3.50. The minimum absolute atomic E-state index is 0.0548. The van der Waals surface area contributed by atoms with Crippen molar-refractivity contribution in [2.24, 2.45) is 5.73 Å². The van der Waals surface area contributed by atoms with Gasteiger partial charge in [-0.2, -0.15) is 5.10 Å². The second-order valence-electron chi connectivity index (χ2n) is 2.39. The smallest absolute Gasteiger partial charge is 0.0815 e. The summed E-state index contributed by atoms with van der Waals surface area (Å²) in [5.41, 5.74) is 6.28. The third-order valence-corrected chi connectivity index (χ3v) is 1.56. The van der Waals surface area contributed by atoms with Crippen LogP contribution in [-0.2, 0) is 6.54 Å². The van der Waals surface area contributed by atoms with Crippen LogP contribution in [0.3, 0.4) is 0 Å². The maximum atomic E-state index is 8.70. The van der Waals surface area contributed by atoms with E-state index >= 15 is 0 Å². The molecule has 4 heteroatoms. The normalized spacial score (nSPS) is 13.4. The molecular formula is C7H13N3O. The molecule has 0 aromatic carbocycles. The Balaban J connectivity index is 2.71. The Labute approximate surface area is 65.6 Å². The van der Waals surface area contributed by atoms with E-state index in [0.29, 0.717) is 0 Å². The Hall–Kier alpha value is -0.870. The predicted octanol–water partition coefficient (Wildman–Crippen LogP) is -0.105. The van der Waals surface area contributed by atoms with Crippen LogP contribution in [-0.4, -0.2) is 21.5 Å². The van der Waals surface area contributed by atoms with Gasteiger partial charge in [0.2, 0.25) is 0 Å². The number of aliphatic hydroxyl groups is 1. The van der Waals surface area contributed by atoms with E-state index < -0.39 is 0 Å². The Kier molecular flexibility index (Phi) is 2.62. The van der Waals surface area contributed by atoms with Gasteiger partial charge in [-0.05, 0) is 13.0 Å². The van der Waals surface area contributed by atoms with E-state index in [1.165, 1.54) is 0 Å². The predicted molar refractivity (Wildman–Crippen MR) is 41.9 cm³/mol. The molecule has 0 aliphatic heterocycles. The molecule has 3 N–H and O–H groups in total. The van der Waals surface area contributed by atoms with Crippen LogP contribution in [0.2, 0.25) is 0 Å². The Morgan fingerprint density at radius 2 is 2.55 bits per heavy atom. The summed E-state index contributed by atoms with van der Waals surface area (Å²) in [5.74, 6) is 0. The van der Waals surface area contributed by atoms with Gasteiger partial charge < -0.3 is 10.8 Å². The fraction of sp³-hybridized carbons (Fsp3) is 0.571. The highest BCUT2D eigenvalue weighted by Gasteiger charge is 2.06. The lowest BCUT2D eigenvalue weighted by Gasteiger charge is -2.02. The fourth-order valence-corrected chi connectivity index (χ4v) is 0.845. The zero-order chi connectivity index (χ0) is 8.27. The summed E-state index contributed by atoms with van der Waals surface area (Å²) in [6, 6.07) is 1.48. The van der Waals surface area contributed by atoms with Crippen molar-refractivity contribution in [2.45, 2.75) is 19.5 Å². The minimum atomic E-state index is -0.345. The van der Waals surface area contributed by atoms with Crippen LogP contribution in [0.1, 0.15) is 18.7 Å². The largest absolute Gasteiger partial charge is 0.394 e. The molecule has 62 valence electrons. The van der Waals surface area contributed by atoms with Crippen LogP contribution in [0.15, 0.2) is 12.3 Å². The summed E-state index contributed by atoms with van der Waals surface area (Å²) in [6.07, 6.45) is 1.85. The van der Waals surface area contributed by atoms with E-state index in [4.69, 9.17) is 10.8 Å². The van der Waals surface area contributed by atoms with Crippen molar-refractivity contribution < 1.29 is 5.11 Å². The van der Waals surface area contributed by atoms with Gasteiger partial charge in [0.1, 0.15) is 0 Å². The molecule has 0 bridgehead atoms. The van der Waals surface area contributed by atoms with Crippen molar-refractivity contribution in [1.29, 1.82) is 0 Å². The lowest BCUT2D eigenvalue weighted by molar-refractivity contribution is 0.265. The molecule has 1 heterocycles. The molecule has 0 aliphatic rings. The van der Waals surface area contributed by atoms with Gasteiger partial charge in [-0.3, -0.25) is 4.68 Å². The average molecular weight is 155 g/mol. The number of rotatable bonds is 3. The van der Waals surface area contributed by atoms with Gasteiger partial charge in [0.25, 0.3) is 0 Å². The Morgan fingerprint density at radius 3 is 3.00 bits per heavy atom. The molecule has 1 unspecified atom stereocenters. The van der Waals surface area contributed by atoms with Crippen LogP contribution >= 0.6 is 0 Å². The molecule has 0 saturated heterocycles. The topological polar surface area (TPSA) is 64.1 Å². The van der Waals surface area contributed by atoms with Gasteiger partial charge in [-0.25, -0.2) is 0 Å². The van der Waals surface area contributed by atoms with Crippen LogP contribution in [0, 0.1) is 0 Å². The standard InChI is InChI=1S/C7H13N3O/c1-2-10-4-3-7(9-10)6(8)5-11/h3-4,6,11H,2,5,8H2,1H3. The summed E-state index contributed by atoms with van der Waals surface area (Å²) < 4.78 is 1.78. The molecule has 0 radical (unpaired) electrons. The van der Waals surface area contributed by atoms with E-state index in [1.807, 2.05) is 19.2 Å². The fourth-order valence-electron chi connectivity index (χ4n) is 0.845. The van der Waals surface area contributed by atoms with E-state index in [-0.39, 0.29) is 12.6 Å². The molecule has 0 spiro atoms. The lowest BCUT2D eigenvalue weighted by Crippen LogP contribution is -2.15. The third-order valence-electron chi connectivity index (χ3n) is 1.56. The van der Waals surface area contributed by atoms with Crippen molar-refractivity contribution in [3.05, 3.63) is 18.0 Å². The maximum absolute atomic E-state index is 8.70. The quantitative estimate of drug-likeness (QED) is 0.640. The van der Waals surface area contributed by atoms with Crippen LogP contribution in [0.4, 0.5) is 0 Å². The van der Waals surface area contributed by atoms with E-state index in [2.05, 4.69) is 5.10 Å². The maximum Gasteiger partial charge on any atom is 0.0815 e. The van der Waals surface area contributed by atoms with Gasteiger partial charge in [0.05, 0.1) is 18.3 Å². The minimum Gasteiger partial charge on any atom is -0.394 e. The van der Waals surface area contributed by atoms with Crippen LogP contribution in [0.25, 0.3) is 0 Å². The lowest BCUT2D eigenvalue weighted by atomic mass is 10.2. The zero-order valence-electron chi connectivity index (χ0n) is 6.57. The molecule has 0 amide bonds. The van der Waals surface area contributed by atoms with Crippen molar-refractivity contribution in [1.82, 2.24) is 9.78 Å². The first-order valence-electron chi connectivity index (χ1n) is 3.67. The van der Waals surface area contributed by atoms with Gasteiger partial charge in [0.15, 0.2) is 0 Å². The number of aryl methyl sites for hydroxylation is 1. The molecule has 1 aromatic heterocycles. The highest BCUT2D eigenvalue weighted by molar-refractivity contribution is 5.04. The number of nitrogens with zero attached hydrogens (tertiary/aromatic N) is 2.